The second-order valence-corrected chi connectivity index (χ2v) is 7.33. The average Bonchev–Trinajstić information content (AvgIpc) is 3.32. The number of aromatic nitrogens is 1. The number of hydrogen-bond acceptors (Lipinski definition) is 5. The molecule has 2 aromatic rings. The van der Waals surface area contributed by atoms with Gasteiger partial charge in [0.2, 0.25) is 0 Å². The summed E-state index contributed by atoms with van der Waals surface area (Å²) in [5, 5.41) is 2.86. The van der Waals surface area contributed by atoms with Gasteiger partial charge in [-0.25, -0.2) is 4.98 Å². The minimum atomic E-state index is -0.515. The smallest absolute Gasteiger partial charge is 0.307 e. The Labute approximate surface area is 160 Å². The molecule has 6 nitrogen and oxygen atoms in total. The highest BCUT2D eigenvalue weighted by molar-refractivity contribution is 9.10. The molecule has 7 heteroatoms. The van der Waals surface area contributed by atoms with Crippen molar-refractivity contribution >= 4 is 27.8 Å². The van der Waals surface area contributed by atoms with Gasteiger partial charge in [-0.3, -0.25) is 9.59 Å². The molecule has 1 aliphatic rings. The van der Waals surface area contributed by atoms with Gasteiger partial charge in [0.05, 0.1) is 19.6 Å². The molecule has 1 aromatic heterocycles. The van der Waals surface area contributed by atoms with Gasteiger partial charge in [0.1, 0.15) is 6.26 Å². The van der Waals surface area contributed by atoms with Gasteiger partial charge >= 0.3 is 5.97 Å². The lowest BCUT2D eigenvalue weighted by molar-refractivity contribution is -0.141. The van der Waals surface area contributed by atoms with Crippen LogP contribution in [-0.4, -0.2) is 24.0 Å². The van der Waals surface area contributed by atoms with E-state index in [1.54, 1.807) is 0 Å². The van der Waals surface area contributed by atoms with Gasteiger partial charge in [-0.05, 0) is 30.5 Å². The Balaban J connectivity index is 1.75. The first kappa shape index (κ1) is 18.6. The van der Waals surface area contributed by atoms with Crippen molar-refractivity contribution in [2.45, 2.75) is 44.1 Å². The van der Waals surface area contributed by atoms with Crippen LogP contribution in [0.15, 0.2) is 39.4 Å². The largest absolute Gasteiger partial charge is 0.469 e. The van der Waals surface area contributed by atoms with Crippen LogP contribution in [-0.2, 0) is 9.53 Å². The molecule has 1 saturated carbocycles. The molecule has 0 saturated heterocycles. The number of methoxy groups -OCH3 is 1. The lowest BCUT2D eigenvalue weighted by Gasteiger charge is -2.17. The van der Waals surface area contributed by atoms with Crippen molar-refractivity contribution in [3.63, 3.8) is 0 Å². The van der Waals surface area contributed by atoms with E-state index < -0.39 is 12.0 Å². The second-order valence-electron chi connectivity index (χ2n) is 6.41. The van der Waals surface area contributed by atoms with E-state index in [1.807, 2.05) is 24.3 Å². The quantitative estimate of drug-likeness (QED) is 0.710. The summed E-state index contributed by atoms with van der Waals surface area (Å²) >= 11 is 3.41. The van der Waals surface area contributed by atoms with Crippen LogP contribution in [0.25, 0.3) is 0 Å². The van der Waals surface area contributed by atoms with Crippen molar-refractivity contribution in [2.75, 3.05) is 7.11 Å². The highest BCUT2D eigenvalue weighted by Gasteiger charge is 2.25. The molecule has 0 bridgehead atoms. The minimum Gasteiger partial charge on any atom is -0.469 e. The number of carbonyl (C=O) groups excluding carboxylic acids is 2. The molecule has 1 atom stereocenters. The highest BCUT2D eigenvalue weighted by atomic mass is 79.9. The first-order valence-corrected chi connectivity index (χ1v) is 9.44. The van der Waals surface area contributed by atoms with Crippen LogP contribution in [0.3, 0.4) is 0 Å². The van der Waals surface area contributed by atoms with E-state index in [2.05, 4.69) is 26.2 Å². The molecule has 138 valence electrons. The lowest BCUT2D eigenvalue weighted by atomic mass is 10.0. The van der Waals surface area contributed by atoms with Crippen LogP contribution in [0.1, 0.15) is 66.0 Å². The van der Waals surface area contributed by atoms with E-state index >= 15 is 0 Å². The minimum absolute atomic E-state index is 0.0338. The number of benzene rings is 1. The van der Waals surface area contributed by atoms with Crippen molar-refractivity contribution < 1.29 is 18.7 Å². The topological polar surface area (TPSA) is 81.4 Å². The van der Waals surface area contributed by atoms with Gasteiger partial charge in [0.15, 0.2) is 11.6 Å². The number of esters is 1. The number of nitrogens with one attached hydrogen (secondary N) is 1. The fourth-order valence-corrected chi connectivity index (χ4v) is 3.63. The highest BCUT2D eigenvalue weighted by Crippen LogP contribution is 2.33. The molecule has 0 spiro atoms. The number of ether oxygens (including phenoxy) is 1. The van der Waals surface area contributed by atoms with Crippen molar-refractivity contribution in [1.29, 1.82) is 0 Å². The Hall–Kier alpha value is -2.15. The van der Waals surface area contributed by atoms with Gasteiger partial charge in [-0.1, -0.05) is 40.9 Å². The third kappa shape index (κ3) is 4.52. The average molecular weight is 421 g/mol. The number of nitrogens with zero attached hydrogens (tertiary/aromatic N) is 1. The van der Waals surface area contributed by atoms with Gasteiger partial charge in [-0.2, -0.15) is 0 Å². The Bertz CT molecular complexity index is 783. The molecule has 1 heterocycles. The molecular formula is C19H21BrN2O4. The third-order valence-electron chi connectivity index (χ3n) is 4.61. The van der Waals surface area contributed by atoms with E-state index in [0.29, 0.717) is 11.8 Å². The Morgan fingerprint density at radius 2 is 2.15 bits per heavy atom. The zero-order valence-electron chi connectivity index (χ0n) is 14.5. The summed E-state index contributed by atoms with van der Waals surface area (Å²) in [5.74, 6) is 0.154. The molecule has 0 radical (unpaired) electrons. The van der Waals surface area contributed by atoms with Gasteiger partial charge < -0.3 is 14.5 Å². The van der Waals surface area contributed by atoms with E-state index in [9.17, 15) is 9.59 Å². The third-order valence-corrected chi connectivity index (χ3v) is 5.11. The van der Waals surface area contributed by atoms with Crippen LogP contribution in [0.5, 0.6) is 0 Å². The molecule has 0 aliphatic heterocycles. The number of carbonyl (C=O) groups is 2. The zero-order valence-corrected chi connectivity index (χ0v) is 16.1. The SMILES string of the molecule is COC(=O)C[C@@H](NC(=O)c1coc(C2CCCC2)n1)c1cccc(Br)c1. The van der Waals surface area contributed by atoms with Gasteiger partial charge in [0, 0.05) is 10.4 Å². The van der Waals surface area contributed by atoms with E-state index in [4.69, 9.17) is 9.15 Å². The first-order valence-electron chi connectivity index (χ1n) is 8.65. The number of oxazole rings is 1. The summed E-state index contributed by atoms with van der Waals surface area (Å²) in [6.45, 7) is 0. The number of hydrogen-bond donors (Lipinski definition) is 1. The molecule has 1 aliphatic carbocycles. The van der Waals surface area contributed by atoms with E-state index in [-0.39, 0.29) is 18.0 Å². The van der Waals surface area contributed by atoms with Crippen molar-refractivity contribution in [1.82, 2.24) is 10.3 Å². The number of amides is 1. The van der Waals surface area contributed by atoms with Crippen LogP contribution in [0.2, 0.25) is 0 Å². The maximum absolute atomic E-state index is 12.6. The predicted octanol–water partition coefficient (Wildman–Crippen LogP) is 4.13. The van der Waals surface area contributed by atoms with Crippen LogP contribution in [0.4, 0.5) is 0 Å². The predicted molar refractivity (Wildman–Crippen MR) is 98.7 cm³/mol. The number of rotatable bonds is 6. The summed E-state index contributed by atoms with van der Waals surface area (Å²) in [4.78, 5) is 28.7. The Kier molecular flexibility index (Phi) is 6.08. The Morgan fingerprint density at radius 1 is 1.38 bits per heavy atom. The van der Waals surface area contributed by atoms with Gasteiger partial charge in [0.25, 0.3) is 5.91 Å². The van der Waals surface area contributed by atoms with E-state index in [1.165, 1.54) is 26.2 Å². The lowest BCUT2D eigenvalue weighted by Crippen LogP contribution is -2.30. The van der Waals surface area contributed by atoms with Crippen LogP contribution < -0.4 is 5.32 Å². The molecule has 0 unspecified atom stereocenters. The summed E-state index contributed by atoms with van der Waals surface area (Å²) < 4.78 is 11.1. The molecule has 1 N–H and O–H groups in total. The molecule has 1 fully saturated rings. The first-order chi connectivity index (χ1) is 12.6. The van der Waals surface area contributed by atoms with Crippen molar-refractivity contribution in [2.24, 2.45) is 0 Å². The monoisotopic (exact) mass is 420 g/mol. The normalized spacial score (nSPS) is 15.6. The molecule has 1 aromatic carbocycles. The fraction of sp³-hybridized carbons (Fsp3) is 0.421. The van der Waals surface area contributed by atoms with Crippen LogP contribution >= 0.6 is 15.9 Å². The second kappa shape index (κ2) is 8.49. The van der Waals surface area contributed by atoms with Gasteiger partial charge in [-0.15, -0.1) is 0 Å². The van der Waals surface area contributed by atoms with Crippen LogP contribution in [0, 0.1) is 0 Å². The summed E-state index contributed by atoms with van der Waals surface area (Å²) in [5.41, 5.74) is 1.04. The van der Waals surface area contributed by atoms with E-state index in [0.717, 1.165) is 22.9 Å². The maximum Gasteiger partial charge on any atom is 0.307 e. The Morgan fingerprint density at radius 3 is 2.85 bits per heavy atom. The summed E-state index contributed by atoms with van der Waals surface area (Å²) in [6.07, 6.45) is 5.84. The zero-order chi connectivity index (χ0) is 18.5. The molecular weight excluding hydrogens is 400 g/mol. The summed E-state index contributed by atoms with van der Waals surface area (Å²) in [6, 6.07) is 6.93. The standard InChI is InChI=1S/C19H21BrN2O4/c1-25-17(23)10-15(13-7-4-8-14(20)9-13)21-18(24)16-11-26-19(22-16)12-5-2-3-6-12/h4,7-9,11-12,15H,2-3,5-6,10H2,1H3,(H,21,24)/t15-/m1/s1. The van der Waals surface area contributed by atoms with Crippen molar-refractivity contribution in [3.8, 4) is 0 Å². The fourth-order valence-electron chi connectivity index (χ4n) is 3.21. The maximum atomic E-state index is 12.6. The summed E-state index contributed by atoms with van der Waals surface area (Å²) in [7, 11) is 1.33. The van der Waals surface area contributed by atoms with Crippen molar-refractivity contribution in [3.05, 3.63) is 52.1 Å². The molecule has 1 amide bonds. The molecule has 3 rings (SSSR count). The molecule has 26 heavy (non-hydrogen) atoms. The number of halogens is 1.